The molecule has 0 radical (unpaired) electrons. The second-order valence-corrected chi connectivity index (χ2v) is 8.37. The first-order chi connectivity index (χ1) is 15.5. The van der Waals surface area contributed by atoms with E-state index in [1.165, 1.54) is 6.33 Å². The van der Waals surface area contributed by atoms with Gasteiger partial charge in [0.2, 0.25) is 0 Å². The van der Waals surface area contributed by atoms with Gasteiger partial charge in [0.15, 0.2) is 11.5 Å². The smallest absolute Gasteiger partial charge is 0.256 e. The molecule has 0 unspecified atom stereocenters. The number of aromatic nitrogens is 6. The molecule has 0 aliphatic heterocycles. The van der Waals surface area contributed by atoms with Crippen LogP contribution in [0.15, 0.2) is 71.6 Å². The number of anilines is 1. The first-order valence-corrected chi connectivity index (χ1v) is 10.8. The highest BCUT2D eigenvalue weighted by Gasteiger charge is 2.18. The minimum Gasteiger partial charge on any atom is -0.306 e. The molecule has 1 N–H and O–H groups in total. The minimum atomic E-state index is -0.257. The third kappa shape index (κ3) is 3.76. The van der Waals surface area contributed by atoms with Crippen LogP contribution in [0.3, 0.4) is 0 Å². The number of carbonyl (C=O) groups is 1. The van der Waals surface area contributed by atoms with E-state index in [1.807, 2.05) is 25.1 Å². The van der Waals surface area contributed by atoms with Gasteiger partial charge in [0.25, 0.3) is 5.91 Å². The number of fused-ring (bicyclic) bond motifs is 1. The lowest BCUT2D eigenvalue weighted by Gasteiger charge is -2.09. The van der Waals surface area contributed by atoms with Gasteiger partial charge in [-0.2, -0.15) is 14.9 Å². The number of halogens is 2. The molecular formula is C22H15BrClN7O. The molecule has 0 aliphatic carbocycles. The maximum atomic E-state index is 12.8. The number of nitrogens with one attached hydrogen (secondary N) is 1. The van der Waals surface area contributed by atoms with Crippen LogP contribution in [0.1, 0.15) is 16.1 Å². The summed E-state index contributed by atoms with van der Waals surface area (Å²) in [5.74, 6) is 0.733. The summed E-state index contributed by atoms with van der Waals surface area (Å²) >= 11 is 9.53. The molecule has 5 aromatic rings. The van der Waals surface area contributed by atoms with Crippen LogP contribution in [-0.2, 0) is 0 Å². The van der Waals surface area contributed by atoms with E-state index < -0.39 is 0 Å². The molecule has 0 spiro atoms. The molecule has 0 atom stereocenters. The Morgan fingerprint density at radius 2 is 1.91 bits per heavy atom. The van der Waals surface area contributed by atoms with Crippen molar-refractivity contribution in [1.29, 1.82) is 0 Å². The van der Waals surface area contributed by atoms with Crippen molar-refractivity contribution in [3.63, 3.8) is 0 Å². The van der Waals surface area contributed by atoms with Gasteiger partial charge in [0.1, 0.15) is 12.1 Å². The van der Waals surface area contributed by atoms with Gasteiger partial charge in [-0.15, -0.1) is 0 Å². The summed E-state index contributed by atoms with van der Waals surface area (Å²) in [6.07, 6.45) is 3.11. The molecule has 3 heterocycles. The van der Waals surface area contributed by atoms with Crippen LogP contribution in [0.2, 0.25) is 5.02 Å². The van der Waals surface area contributed by atoms with Gasteiger partial charge in [-0.05, 0) is 43.3 Å². The molecule has 158 valence electrons. The summed E-state index contributed by atoms with van der Waals surface area (Å²) in [6, 6.07) is 16.3. The minimum absolute atomic E-state index is 0.257. The van der Waals surface area contributed by atoms with E-state index in [4.69, 9.17) is 11.6 Å². The molecular weight excluding hydrogens is 494 g/mol. The molecule has 1 amide bonds. The van der Waals surface area contributed by atoms with Crippen LogP contribution >= 0.6 is 27.5 Å². The van der Waals surface area contributed by atoms with Crippen molar-refractivity contribution in [3.05, 3.63) is 87.9 Å². The highest BCUT2D eigenvalue weighted by Crippen LogP contribution is 2.25. The maximum absolute atomic E-state index is 12.8. The van der Waals surface area contributed by atoms with Crippen molar-refractivity contribution >= 4 is 50.3 Å². The fourth-order valence-corrected chi connectivity index (χ4v) is 3.95. The van der Waals surface area contributed by atoms with Crippen LogP contribution in [0.5, 0.6) is 0 Å². The molecule has 2 aromatic carbocycles. The Morgan fingerprint density at radius 3 is 2.72 bits per heavy atom. The topological polar surface area (TPSA) is 90.5 Å². The van der Waals surface area contributed by atoms with Crippen LogP contribution in [0, 0.1) is 6.92 Å². The SMILES string of the molecule is Cc1cc(NC(=O)c2cccc(Br)c2)n(-c2ncnc3c2cnn3-c2cccc(Cl)c2)n1. The predicted molar refractivity (Wildman–Crippen MR) is 126 cm³/mol. The number of benzene rings is 2. The lowest BCUT2D eigenvalue weighted by Crippen LogP contribution is -2.15. The normalized spacial score (nSPS) is 11.1. The zero-order valence-electron chi connectivity index (χ0n) is 16.7. The fourth-order valence-electron chi connectivity index (χ4n) is 3.37. The number of hydrogen-bond acceptors (Lipinski definition) is 5. The Labute approximate surface area is 196 Å². The molecule has 32 heavy (non-hydrogen) atoms. The van der Waals surface area contributed by atoms with Gasteiger partial charge in [-0.25, -0.2) is 14.6 Å². The Balaban J connectivity index is 1.57. The molecule has 5 rings (SSSR count). The molecule has 0 aliphatic rings. The second kappa shape index (κ2) is 8.18. The van der Waals surface area contributed by atoms with E-state index in [1.54, 1.807) is 52.0 Å². The van der Waals surface area contributed by atoms with Crippen molar-refractivity contribution in [2.75, 3.05) is 5.32 Å². The third-order valence-corrected chi connectivity index (χ3v) is 5.49. The number of aryl methyl sites for hydroxylation is 1. The van der Waals surface area contributed by atoms with Crippen LogP contribution < -0.4 is 5.32 Å². The highest BCUT2D eigenvalue weighted by atomic mass is 79.9. The van der Waals surface area contributed by atoms with Crippen molar-refractivity contribution in [2.24, 2.45) is 0 Å². The van der Waals surface area contributed by atoms with Crippen molar-refractivity contribution < 1.29 is 4.79 Å². The zero-order valence-corrected chi connectivity index (χ0v) is 19.0. The first-order valence-electron chi connectivity index (χ1n) is 9.58. The van der Waals surface area contributed by atoms with E-state index >= 15 is 0 Å². The third-order valence-electron chi connectivity index (χ3n) is 4.76. The molecule has 3 aromatic heterocycles. The van der Waals surface area contributed by atoms with Gasteiger partial charge in [-0.3, -0.25) is 4.79 Å². The molecule has 8 nitrogen and oxygen atoms in total. The number of amides is 1. The van der Waals surface area contributed by atoms with Gasteiger partial charge in [0.05, 0.1) is 23.0 Å². The van der Waals surface area contributed by atoms with E-state index in [2.05, 4.69) is 41.4 Å². The molecule has 0 fully saturated rings. The molecule has 10 heteroatoms. The largest absolute Gasteiger partial charge is 0.306 e. The van der Waals surface area contributed by atoms with E-state index in [0.29, 0.717) is 33.3 Å². The maximum Gasteiger partial charge on any atom is 0.256 e. The standard InChI is InChI=1S/C22H15BrClN7O/c1-13-8-19(28-22(32)14-4-2-5-15(23)9-14)31(29-13)21-18-11-27-30(20(18)25-12-26-21)17-7-3-6-16(24)10-17/h2-12H,1H3,(H,28,32). The summed E-state index contributed by atoms with van der Waals surface area (Å²) in [6.45, 7) is 1.85. The highest BCUT2D eigenvalue weighted by molar-refractivity contribution is 9.10. The molecule has 0 saturated heterocycles. The summed E-state index contributed by atoms with van der Waals surface area (Å²) in [5.41, 5.74) is 2.61. The van der Waals surface area contributed by atoms with Gasteiger partial charge < -0.3 is 5.32 Å². The summed E-state index contributed by atoms with van der Waals surface area (Å²) in [4.78, 5) is 21.6. The fraction of sp³-hybridized carbons (Fsp3) is 0.0455. The van der Waals surface area contributed by atoms with E-state index in [0.717, 1.165) is 15.9 Å². The Hall–Kier alpha value is -3.56. The summed E-state index contributed by atoms with van der Waals surface area (Å²) in [5, 5.41) is 13.2. The van der Waals surface area contributed by atoms with Crippen LogP contribution in [-0.4, -0.2) is 35.4 Å². The van der Waals surface area contributed by atoms with Crippen LogP contribution in [0.25, 0.3) is 22.5 Å². The van der Waals surface area contributed by atoms with E-state index in [-0.39, 0.29) is 5.91 Å². The van der Waals surface area contributed by atoms with Gasteiger partial charge in [-0.1, -0.05) is 39.7 Å². The molecule has 0 bridgehead atoms. The molecule has 0 saturated carbocycles. The van der Waals surface area contributed by atoms with Gasteiger partial charge in [0, 0.05) is 21.1 Å². The average Bonchev–Trinajstić information content (AvgIpc) is 3.37. The van der Waals surface area contributed by atoms with Crippen molar-refractivity contribution in [1.82, 2.24) is 29.5 Å². The number of rotatable bonds is 4. The lowest BCUT2D eigenvalue weighted by atomic mass is 10.2. The quantitative estimate of drug-likeness (QED) is 0.370. The Morgan fingerprint density at radius 1 is 1.06 bits per heavy atom. The van der Waals surface area contributed by atoms with Gasteiger partial charge >= 0.3 is 0 Å². The zero-order chi connectivity index (χ0) is 22.2. The first kappa shape index (κ1) is 20.3. The van der Waals surface area contributed by atoms with Crippen molar-refractivity contribution in [3.8, 4) is 11.5 Å². The number of hydrogen-bond donors (Lipinski definition) is 1. The lowest BCUT2D eigenvalue weighted by molar-refractivity contribution is 0.102. The number of carbonyl (C=O) groups excluding carboxylic acids is 1. The Kier molecular flexibility index (Phi) is 5.20. The second-order valence-electron chi connectivity index (χ2n) is 7.02. The summed E-state index contributed by atoms with van der Waals surface area (Å²) < 4.78 is 4.09. The van der Waals surface area contributed by atoms with E-state index in [9.17, 15) is 4.79 Å². The van der Waals surface area contributed by atoms with Crippen molar-refractivity contribution in [2.45, 2.75) is 6.92 Å². The monoisotopic (exact) mass is 507 g/mol. The number of nitrogens with zero attached hydrogens (tertiary/aromatic N) is 6. The van der Waals surface area contributed by atoms with Crippen LogP contribution in [0.4, 0.5) is 5.82 Å². The predicted octanol–water partition coefficient (Wildman–Crippen LogP) is 4.98. The Bertz CT molecular complexity index is 1480. The summed E-state index contributed by atoms with van der Waals surface area (Å²) in [7, 11) is 0. The average molecular weight is 509 g/mol.